The van der Waals surface area contributed by atoms with Crippen LogP contribution in [0.15, 0.2) is 57.8 Å². The smallest absolute Gasteiger partial charge is 0.298 e. The molecule has 0 amide bonds. The van der Waals surface area contributed by atoms with Crippen molar-refractivity contribution in [3.63, 3.8) is 0 Å². The van der Waals surface area contributed by atoms with Gasteiger partial charge in [0, 0.05) is 25.2 Å². The second kappa shape index (κ2) is 7.21. The number of fused-ring (bicyclic) bond motifs is 1. The topological polar surface area (TPSA) is 84.7 Å². The molecule has 0 aliphatic carbocycles. The standard InChI is InChI=1S/C19H21N3O4S/c1-25-15-7-4-8-16(12-15)27(23,24)20-13-14-6-5-11-22(14)19-21-17-9-2-3-10-18(17)26-19/h2-4,7-10,12,14,20H,5-6,11,13H2,1H3. The molecule has 1 atom stereocenters. The van der Waals surface area contributed by atoms with E-state index in [-0.39, 0.29) is 17.5 Å². The van der Waals surface area contributed by atoms with Gasteiger partial charge in [-0.3, -0.25) is 0 Å². The van der Waals surface area contributed by atoms with Crippen LogP contribution in [-0.2, 0) is 10.0 Å². The van der Waals surface area contributed by atoms with Crippen LogP contribution < -0.4 is 14.4 Å². The zero-order chi connectivity index (χ0) is 18.9. The maximum absolute atomic E-state index is 12.6. The highest BCUT2D eigenvalue weighted by atomic mass is 32.2. The molecule has 27 heavy (non-hydrogen) atoms. The third-order valence-electron chi connectivity index (χ3n) is 4.77. The van der Waals surface area contributed by atoms with E-state index < -0.39 is 10.0 Å². The number of rotatable bonds is 6. The number of nitrogens with one attached hydrogen (secondary N) is 1. The molecule has 0 spiro atoms. The van der Waals surface area contributed by atoms with Gasteiger partial charge in [-0.2, -0.15) is 4.98 Å². The summed E-state index contributed by atoms with van der Waals surface area (Å²) in [4.78, 5) is 6.76. The number of hydrogen-bond donors (Lipinski definition) is 1. The number of aromatic nitrogens is 1. The van der Waals surface area contributed by atoms with Crippen LogP contribution in [-0.4, -0.2) is 39.6 Å². The first-order chi connectivity index (χ1) is 13.1. The van der Waals surface area contributed by atoms with Crippen LogP contribution in [0.25, 0.3) is 11.1 Å². The summed E-state index contributed by atoms with van der Waals surface area (Å²) < 4.78 is 38.9. The first kappa shape index (κ1) is 17.8. The van der Waals surface area contributed by atoms with Crippen LogP contribution >= 0.6 is 0 Å². The minimum atomic E-state index is -3.62. The zero-order valence-corrected chi connectivity index (χ0v) is 15.8. The van der Waals surface area contributed by atoms with E-state index in [4.69, 9.17) is 9.15 Å². The molecule has 0 bridgehead atoms. The molecule has 3 aromatic rings. The van der Waals surface area contributed by atoms with Gasteiger partial charge < -0.3 is 14.1 Å². The Labute approximate surface area is 158 Å². The number of para-hydroxylation sites is 2. The summed E-state index contributed by atoms with van der Waals surface area (Å²) >= 11 is 0. The Hall–Kier alpha value is -2.58. The highest BCUT2D eigenvalue weighted by Crippen LogP contribution is 2.28. The summed E-state index contributed by atoms with van der Waals surface area (Å²) in [5, 5.41) is 0. The normalized spacial score (nSPS) is 17.5. The number of oxazole rings is 1. The Morgan fingerprint density at radius 1 is 1.26 bits per heavy atom. The lowest BCUT2D eigenvalue weighted by Gasteiger charge is -2.23. The number of nitrogens with zero attached hydrogens (tertiary/aromatic N) is 2. The largest absolute Gasteiger partial charge is 0.497 e. The molecule has 1 N–H and O–H groups in total. The number of ether oxygens (including phenoxy) is 1. The monoisotopic (exact) mass is 387 g/mol. The molecule has 7 nitrogen and oxygen atoms in total. The van der Waals surface area contributed by atoms with Crippen molar-refractivity contribution in [1.29, 1.82) is 0 Å². The molecular weight excluding hydrogens is 366 g/mol. The molecule has 8 heteroatoms. The summed E-state index contributed by atoms with van der Waals surface area (Å²) in [5.74, 6) is 0.506. The number of sulfonamides is 1. The van der Waals surface area contributed by atoms with Gasteiger partial charge in [0.15, 0.2) is 5.58 Å². The summed E-state index contributed by atoms with van der Waals surface area (Å²) in [6.07, 6.45) is 1.84. The van der Waals surface area contributed by atoms with Crippen molar-refractivity contribution in [2.45, 2.75) is 23.8 Å². The van der Waals surface area contributed by atoms with Crippen LogP contribution in [0.5, 0.6) is 5.75 Å². The van der Waals surface area contributed by atoms with Crippen LogP contribution in [0.4, 0.5) is 6.01 Å². The lowest BCUT2D eigenvalue weighted by molar-refractivity contribution is 0.413. The predicted molar refractivity (Wildman–Crippen MR) is 103 cm³/mol. The Morgan fingerprint density at radius 3 is 2.93 bits per heavy atom. The van der Waals surface area contributed by atoms with Crippen molar-refractivity contribution in [3.05, 3.63) is 48.5 Å². The molecule has 1 aromatic heterocycles. The van der Waals surface area contributed by atoms with Gasteiger partial charge in [0.2, 0.25) is 10.0 Å². The molecule has 1 unspecified atom stereocenters. The van der Waals surface area contributed by atoms with E-state index in [1.807, 2.05) is 29.2 Å². The lowest BCUT2D eigenvalue weighted by Crippen LogP contribution is -2.40. The second-order valence-electron chi connectivity index (χ2n) is 6.48. The van der Waals surface area contributed by atoms with E-state index in [1.54, 1.807) is 18.2 Å². The van der Waals surface area contributed by atoms with Crippen molar-refractivity contribution < 1.29 is 17.6 Å². The molecule has 142 valence electrons. The van der Waals surface area contributed by atoms with Gasteiger partial charge in [0.25, 0.3) is 6.01 Å². The van der Waals surface area contributed by atoms with Crippen LogP contribution in [0.1, 0.15) is 12.8 Å². The fourth-order valence-corrected chi connectivity index (χ4v) is 4.45. The van der Waals surface area contributed by atoms with E-state index in [0.29, 0.717) is 11.8 Å². The molecule has 1 fully saturated rings. The summed E-state index contributed by atoms with van der Waals surface area (Å²) in [6.45, 7) is 1.08. The van der Waals surface area contributed by atoms with Gasteiger partial charge in [0.05, 0.1) is 12.0 Å². The number of methoxy groups -OCH3 is 1. The van der Waals surface area contributed by atoms with Gasteiger partial charge in [-0.1, -0.05) is 18.2 Å². The molecular formula is C19H21N3O4S. The quantitative estimate of drug-likeness (QED) is 0.700. The fraction of sp³-hybridized carbons (Fsp3) is 0.316. The molecule has 1 aliphatic heterocycles. The van der Waals surface area contributed by atoms with Gasteiger partial charge in [0.1, 0.15) is 11.3 Å². The fourth-order valence-electron chi connectivity index (χ4n) is 3.34. The predicted octanol–water partition coefficient (Wildman–Crippen LogP) is 2.78. The highest BCUT2D eigenvalue weighted by Gasteiger charge is 2.29. The molecule has 0 radical (unpaired) electrons. The Morgan fingerprint density at radius 2 is 2.11 bits per heavy atom. The molecule has 4 rings (SSSR count). The number of anilines is 1. The van der Waals surface area contributed by atoms with E-state index in [9.17, 15) is 8.42 Å². The summed E-state index contributed by atoms with van der Waals surface area (Å²) in [7, 11) is -2.11. The summed E-state index contributed by atoms with van der Waals surface area (Å²) in [5.41, 5.74) is 1.53. The van der Waals surface area contributed by atoms with Gasteiger partial charge in [-0.05, 0) is 37.1 Å². The van der Waals surface area contributed by atoms with Crippen molar-refractivity contribution in [3.8, 4) is 5.75 Å². The van der Waals surface area contributed by atoms with E-state index in [1.165, 1.54) is 13.2 Å². The SMILES string of the molecule is COc1cccc(S(=O)(=O)NCC2CCCN2c2nc3ccccc3o2)c1. The third-order valence-corrected chi connectivity index (χ3v) is 6.19. The van der Waals surface area contributed by atoms with Crippen LogP contribution in [0.2, 0.25) is 0 Å². The first-order valence-electron chi connectivity index (χ1n) is 8.83. The lowest BCUT2D eigenvalue weighted by atomic mass is 10.2. The van der Waals surface area contributed by atoms with Crippen molar-refractivity contribution in [2.24, 2.45) is 0 Å². The van der Waals surface area contributed by atoms with Crippen LogP contribution in [0.3, 0.4) is 0 Å². The van der Waals surface area contributed by atoms with Gasteiger partial charge in [-0.25, -0.2) is 13.1 Å². The summed E-state index contributed by atoms with van der Waals surface area (Å²) in [6, 6.07) is 14.6. The molecule has 2 heterocycles. The maximum atomic E-state index is 12.6. The average molecular weight is 387 g/mol. The van der Waals surface area contributed by atoms with Crippen LogP contribution in [0, 0.1) is 0 Å². The third kappa shape index (κ3) is 3.63. The maximum Gasteiger partial charge on any atom is 0.298 e. The molecule has 0 saturated carbocycles. The Balaban J connectivity index is 1.49. The molecule has 2 aromatic carbocycles. The van der Waals surface area contributed by atoms with E-state index in [0.717, 1.165) is 30.5 Å². The zero-order valence-electron chi connectivity index (χ0n) is 15.0. The van der Waals surface area contributed by atoms with Gasteiger partial charge >= 0.3 is 0 Å². The Bertz CT molecular complexity index is 1010. The van der Waals surface area contributed by atoms with Crippen molar-refractivity contribution >= 4 is 27.1 Å². The number of hydrogen-bond acceptors (Lipinski definition) is 6. The second-order valence-corrected chi connectivity index (χ2v) is 8.25. The molecule has 1 saturated heterocycles. The average Bonchev–Trinajstić information content (AvgIpc) is 3.32. The first-order valence-corrected chi connectivity index (χ1v) is 10.3. The van der Waals surface area contributed by atoms with E-state index in [2.05, 4.69) is 9.71 Å². The van der Waals surface area contributed by atoms with Gasteiger partial charge in [-0.15, -0.1) is 0 Å². The highest BCUT2D eigenvalue weighted by molar-refractivity contribution is 7.89. The molecule has 1 aliphatic rings. The Kier molecular flexibility index (Phi) is 4.75. The van der Waals surface area contributed by atoms with Crippen molar-refractivity contribution in [2.75, 3.05) is 25.1 Å². The van der Waals surface area contributed by atoms with E-state index >= 15 is 0 Å². The minimum Gasteiger partial charge on any atom is -0.497 e. The number of benzene rings is 2. The van der Waals surface area contributed by atoms with Crippen molar-refractivity contribution in [1.82, 2.24) is 9.71 Å². The minimum absolute atomic E-state index is 0.00144.